The summed E-state index contributed by atoms with van der Waals surface area (Å²) in [4.78, 5) is 7.47. The molecule has 0 saturated carbocycles. The molecule has 1 aromatic carbocycles. The molecule has 2 aromatic rings. The topological polar surface area (TPSA) is 58.8 Å². The number of rotatable bonds is 3. The van der Waals surface area contributed by atoms with Crippen molar-refractivity contribution < 1.29 is 17.9 Å². The molecule has 0 fully saturated rings. The van der Waals surface area contributed by atoms with Crippen molar-refractivity contribution in [1.29, 1.82) is 5.26 Å². The Hall–Kier alpha value is -2.62. The van der Waals surface area contributed by atoms with Crippen LogP contribution >= 0.6 is 0 Å². The van der Waals surface area contributed by atoms with Gasteiger partial charge in [0.2, 0.25) is 0 Å². The van der Waals surface area contributed by atoms with Gasteiger partial charge in [-0.3, -0.25) is 0 Å². The first-order chi connectivity index (χ1) is 9.50. The molecule has 0 radical (unpaired) electrons. The Balaban J connectivity index is 2.27. The van der Waals surface area contributed by atoms with Gasteiger partial charge in [-0.1, -0.05) is 0 Å². The molecule has 7 heteroatoms. The molecule has 102 valence electrons. The average molecular weight is 279 g/mol. The lowest BCUT2D eigenvalue weighted by atomic mass is 10.1. The van der Waals surface area contributed by atoms with Crippen LogP contribution in [0.4, 0.5) is 13.2 Å². The van der Waals surface area contributed by atoms with Gasteiger partial charge in [0.05, 0.1) is 17.2 Å². The number of nitriles is 1. The minimum Gasteiger partial charge on any atom is -0.488 e. The van der Waals surface area contributed by atoms with Crippen molar-refractivity contribution in [2.75, 3.05) is 0 Å². The first-order valence-corrected chi connectivity index (χ1v) is 5.49. The van der Waals surface area contributed by atoms with E-state index in [0.29, 0.717) is 5.56 Å². The molecule has 20 heavy (non-hydrogen) atoms. The minimum atomic E-state index is -4.55. The van der Waals surface area contributed by atoms with Crippen molar-refractivity contribution in [3.8, 4) is 11.8 Å². The van der Waals surface area contributed by atoms with Crippen LogP contribution in [-0.2, 0) is 12.8 Å². The van der Waals surface area contributed by atoms with Crippen LogP contribution in [0, 0.1) is 11.3 Å². The molecule has 2 rings (SSSR count). The zero-order valence-corrected chi connectivity index (χ0v) is 10.1. The van der Waals surface area contributed by atoms with Crippen LogP contribution in [0.25, 0.3) is 0 Å². The second-order valence-corrected chi connectivity index (χ2v) is 3.86. The van der Waals surface area contributed by atoms with Crippen molar-refractivity contribution in [3.63, 3.8) is 0 Å². The number of ether oxygens (including phenoxy) is 1. The highest BCUT2D eigenvalue weighted by Gasteiger charge is 2.34. The molecule has 1 aromatic heterocycles. The lowest BCUT2D eigenvalue weighted by Gasteiger charge is -2.14. The van der Waals surface area contributed by atoms with E-state index >= 15 is 0 Å². The van der Waals surface area contributed by atoms with Crippen molar-refractivity contribution in [3.05, 3.63) is 53.6 Å². The van der Waals surface area contributed by atoms with Gasteiger partial charge >= 0.3 is 6.18 Å². The standard InChI is InChI=1S/C13H8F3N3O/c14-13(15,16)11-2-1-9(4-17)3-12(11)20-7-10-5-18-8-19-6-10/h1-3,5-6,8H,7H2. The Morgan fingerprint density at radius 2 is 1.90 bits per heavy atom. The summed E-state index contributed by atoms with van der Waals surface area (Å²) in [6, 6.07) is 4.76. The first kappa shape index (κ1) is 13.8. The zero-order valence-electron chi connectivity index (χ0n) is 10.1. The predicted molar refractivity (Wildman–Crippen MR) is 62.5 cm³/mol. The highest BCUT2D eigenvalue weighted by Crippen LogP contribution is 2.36. The maximum atomic E-state index is 12.8. The summed E-state index contributed by atoms with van der Waals surface area (Å²) >= 11 is 0. The van der Waals surface area contributed by atoms with E-state index in [0.717, 1.165) is 18.2 Å². The molecule has 1 heterocycles. The van der Waals surface area contributed by atoms with Gasteiger partial charge in [0, 0.05) is 18.0 Å². The largest absolute Gasteiger partial charge is 0.488 e. The van der Waals surface area contributed by atoms with Crippen molar-refractivity contribution in [1.82, 2.24) is 9.97 Å². The summed E-state index contributed by atoms with van der Waals surface area (Å²) < 4.78 is 43.6. The Labute approximate surface area is 112 Å². The number of hydrogen-bond donors (Lipinski definition) is 0. The quantitative estimate of drug-likeness (QED) is 0.866. The molecule has 0 atom stereocenters. The van der Waals surface area contributed by atoms with Gasteiger partial charge in [-0.2, -0.15) is 18.4 Å². The molecule has 0 aliphatic heterocycles. The summed E-state index contributed by atoms with van der Waals surface area (Å²) in [6.45, 7) is -0.112. The summed E-state index contributed by atoms with van der Waals surface area (Å²) in [5.74, 6) is -0.389. The van der Waals surface area contributed by atoms with E-state index in [1.54, 1.807) is 6.07 Å². The van der Waals surface area contributed by atoms with Crippen molar-refractivity contribution in [2.24, 2.45) is 0 Å². The van der Waals surface area contributed by atoms with Gasteiger partial charge in [-0.05, 0) is 18.2 Å². The van der Waals surface area contributed by atoms with Crippen LogP contribution in [0.5, 0.6) is 5.75 Å². The van der Waals surface area contributed by atoms with Crippen LogP contribution in [0.2, 0.25) is 0 Å². The maximum absolute atomic E-state index is 12.8. The van der Waals surface area contributed by atoms with Crippen LogP contribution < -0.4 is 4.74 Å². The molecule has 0 unspecified atom stereocenters. The summed E-state index contributed by atoms with van der Waals surface area (Å²) in [5.41, 5.74) is -0.298. The number of aromatic nitrogens is 2. The summed E-state index contributed by atoms with van der Waals surface area (Å²) in [7, 11) is 0. The van der Waals surface area contributed by atoms with E-state index in [4.69, 9.17) is 10.00 Å². The lowest BCUT2D eigenvalue weighted by molar-refractivity contribution is -0.139. The average Bonchev–Trinajstić information content (AvgIpc) is 2.45. The van der Waals surface area contributed by atoms with Crippen LogP contribution in [0.1, 0.15) is 16.7 Å². The van der Waals surface area contributed by atoms with Gasteiger partial charge < -0.3 is 4.74 Å². The van der Waals surface area contributed by atoms with E-state index in [9.17, 15) is 13.2 Å². The molecule has 0 saturated heterocycles. The second kappa shape index (κ2) is 5.57. The zero-order chi connectivity index (χ0) is 14.6. The summed E-state index contributed by atoms with van der Waals surface area (Å²) in [5, 5.41) is 8.73. The third-order valence-corrected chi connectivity index (χ3v) is 2.42. The SMILES string of the molecule is N#Cc1ccc(C(F)(F)F)c(OCc2cncnc2)c1. The fourth-order valence-electron chi connectivity index (χ4n) is 1.51. The molecular formula is C13H8F3N3O. The van der Waals surface area contributed by atoms with E-state index in [2.05, 4.69) is 9.97 Å². The number of halogens is 3. The number of alkyl halides is 3. The molecular weight excluding hydrogens is 271 g/mol. The molecule has 0 amide bonds. The number of nitrogens with zero attached hydrogens (tertiary/aromatic N) is 3. The van der Waals surface area contributed by atoms with Crippen LogP contribution in [0.15, 0.2) is 36.9 Å². The van der Waals surface area contributed by atoms with Gasteiger partial charge in [0.25, 0.3) is 0 Å². The fourth-order valence-corrected chi connectivity index (χ4v) is 1.51. The minimum absolute atomic E-state index is 0.0947. The van der Waals surface area contributed by atoms with E-state index in [-0.39, 0.29) is 17.9 Å². The molecule has 0 aliphatic carbocycles. The number of hydrogen-bond acceptors (Lipinski definition) is 4. The smallest absolute Gasteiger partial charge is 0.419 e. The third kappa shape index (κ3) is 3.23. The normalized spacial score (nSPS) is 10.9. The van der Waals surface area contributed by atoms with Gasteiger partial charge in [-0.15, -0.1) is 0 Å². The Bertz CT molecular complexity index is 636. The van der Waals surface area contributed by atoms with Gasteiger partial charge in [-0.25, -0.2) is 9.97 Å². The molecule has 4 nitrogen and oxygen atoms in total. The number of benzene rings is 1. The molecule has 0 N–H and O–H groups in total. The van der Waals surface area contributed by atoms with E-state index in [1.165, 1.54) is 18.7 Å². The maximum Gasteiger partial charge on any atom is 0.419 e. The third-order valence-electron chi connectivity index (χ3n) is 2.42. The van der Waals surface area contributed by atoms with Crippen molar-refractivity contribution >= 4 is 0 Å². The van der Waals surface area contributed by atoms with Crippen molar-refractivity contribution in [2.45, 2.75) is 12.8 Å². The molecule has 0 aliphatic rings. The fraction of sp³-hybridized carbons (Fsp3) is 0.154. The van der Waals surface area contributed by atoms with E-state index in [1.807, 2.05) is 0 Å². The predicted octanol–water partition coefficient (Wildman–Crippen LogP) is 2.95. The van der Waals surface area contributed by atoms with Crippen LogP contribution in [-0.4, -0.2) is 9.97 Å². The highest BCUT2D eigenvalue weighted by atomic mass is 19.4. The summed E-state index contributed by atoms with van der Waals surface area (Å²) in [6.07, 6.45) is -0.361. The Morgan fingerprint density at radius 3 is 2.50 bits per heavy atom. The van der Waals surface area contributed by atoms with Gasteiger partial charge in [0.1, 0.15) is 18.7 Å². The highest BCUT2D eigenvalue weighted by molar-refractivity contribution is 5.44. The monoisotopic (exact) mass is 279 g/mol. The van der Waals surface area contributed by atoms with Gasteiger partial charge in [0.15, 0.2) is 0 Å². The molecule has 0 bridgehead atoms. The Kier molecular flexibility index (Phi) is 3.84. The Morgan fingerprint density at radius 1 is 1.20 bits per heavy atom. The van der Waals surface area contributed by atoms with E-state index < -0.39 is 11.7 Å². The second-order valence-electron chi connectivity index (χ2n) is 3.86. The first-order valence-electron chi connectivity index (χ1n) is 5.49. The lowest BCUT2D eigenvalue weighted by Crippen LogP contribution is -2.09. The molecule has 0 spiro atoms. The van der Waals surface area contributed by atoms with Crippen LogP contribution in [0.3, 0.4) is 0 Å².